The molecule has 1 aromatic carbocycles. The molecule has 0 saturated carbocycles. The summed E-state index contributed by atoms with van der Waals surface area (Å²) in [5.41, 5.74) is 1.99. The van der Waals surface area contributed by atoms with E-state index < -0.39 is 0 Å². The molecule has 0 amide bonds. The molecule has 3 heterocycles. The van der Waals surface area contributed by atoms with Gasteiger partial charge < -0.3 is 9.38 Å². The molecule has 0 aliphatic heterocycles. The van der Waals surface area contributed by atoms with Gasteiger partial charge >= 0.3 is 0 Å². The van der Waals surface area contributed by atoms with Gasteiger partial charge in [0, 0.05) is 29.2 Å². The summed E-state index contributed by atoms with van der Waals surface area (Å²) in [6.07, 6.45) is 4.07. The first-order valence-electron chi connectivity index (χ1n) is 5.84. The lowest BCUT2D eigenvalue weighted by atomic mass is 10.1. The molecule has 0 aliphatic carbocycles. The fourth-order valence-corrected chi connectivity index (χ4v) is 2.54. The highest BCUT2D eigenvalue weighted by atomic mass is 16.1. The molecule has 4 aromatic rings. The summed E-state index contributed by atoms with van der Waals surface area (Å²) in [6, 6.07) is 13.7. The zero-order valence-electron chi connectivity index (χ0n) is 9.55. The van der Waals surface area contributed by atoms with Gasteiger partial charge in [0.05, 0.1) is 11.0 Å². The van der Waals surface area contributed by atoms with Crippen LogP contribution in [-0.2, 0) is 0 Å². The van der Waals surface area contributed by atoms with Gasteiger partial charge in [-0.3, -0.25) is 4.79 Å². The second-order valence-corrected chi connectivity index (χ2v) is 4.44. The molecule has 3 nitrogen and oxygen atoms in total. The Morgan fingerprint density at radius 2 is 1.83 bits per heavy atom. The molecule has 4 rings (SSSR count). The van der Waals surface area contributed by atoms with Crippen molar-refractivity contribution in [1.29, 1.82) is 0 Å². The maximum absolute atomic E-state index is 11.5. The van der Waals surface area contributed by atoms with Gasteiger partial charge in [0.1, 0.15) is 0 Å². The summed E-state index contributed by atoms with van der Waals surface area (Å²) in [5.74, 6) is 0. The number of benzene rings is 1. The van der Waals surface area contributed by atoms with Gasteiger partial charge in [-0.05, 0) is 23.6 Å². The third-order valence-electron chi connectivity index (χ3n) is 3.37. The molecule has 0 atom stereocenters. The van der Waals surface area contributed by atoms with Crippen molar-refractivity contribution in [2.75, 3.05) is 0 Å². The summed E-state index contributed by atoms with van der Waals surface area (Å²) >= 11 is 0. The highest BCUT2D eigenvalue weighted by molar-refractivity contribution is 6.11. The molecule has 3 aromatic heterocycles. The Balaban J connectivity index is 2.34. The highest BCUT2D eigenvalue weighted by Crippen LogP contribution is 2.27. The lowest BCUT2D eigenvalue weighted by molar-refractivity contribution is 1.21. The topological polar surface area (TPSA) is 37.3 Å². The predicted octanol–water partition coefficient (Wildman–Crippen LogP) is 2.93. The molecule has 0 spiro atoms. The summed E-state index contributed by atoms with van der Waals surface area (Å²) in [7, 11) is 0. The average Bonchev–Trinajstić information content (AvgIpc) is 2.78. The van der Waals surface area contributed by atoms with Crippen LogP contribution in [-0.4, -0.2) is 9.38 Å². The largest absolute Gasteiger partial charge is 0.323 e. The normalized spacial score (nSPS) is 11.6. The van der Waals surface area contributed by atoms with Crippen LogP contribution < -0.4 is 5.56 Å². The van der Waals surface area contributed by atoms with E-state index in [1.54, 1.807) is 6.07 Å². The van der Waals surface area contributed by atoms with Crippen molar-refractivity contribution in [1.82, 2.24) is 9.38 Å². The van der Waals surface area contributed by atoms with Gasteiger partial charge in [0.25, 0.3) is 0 Å². The fraction of sp³-hybridized carbons (Fsp3) is 0. The zero-order chi connectivity index (χ0) is 12.1. The molecule has 1 N–H and O–H groups in total. The first kappa shape index (κ1) is 9.48. The number of pyridine rings is 2. The molecule has 86 valence electrons. The van der Waals surface area contributed by atoms with Crippen LogP contribution in [0.4, 0.5) is 0 Å². The molecule has 0 bridgehead atoms. The number of nitrogens with one attached hydrogen (secondary N) is 1. The first-order chi connectivity index (χ1) is 8.83. The first-order valence-corrected chi connectivity index (χ1v) is 5.84. The van der Waals surface area contributed by atoms with Crippen molar-refractivity contribution < 1.29 is 0 Å². The Kier molecular flexibility index (Phi) is 1.70. The van der Waals surface area contributed by atoms with Gasteiger partial charge in [0.15, 0.2) is 0 Å². The highest BCUT2D eigenvalue weighted by Gasteiger charge is 2.06. The molecule has 0 saturated heterocycles. The molecule has 0 aliphatic rings. The number of rotatable bonds is 0. The second kappa shape index (κ2) is 3.23. The minimum atomic E-state index is -0.0646. The SMILES string of the molecule is O=c1ccc2ccc3c(cn4ccccc34)c2[nH]1. The molecule has 3 heteroatoms. The van der Waals surface area contributed by atoms with E-state index in [-0.39, 0.29) is 5.56 Å². The van der Waals surface area contributed by atoms with Crippen molar-refractivity contribution >= 4 is 27.2 Å². The average molecular weight is 234 g/mol. The van der Waals surface area contributed by atoms with Crippen LogP contribution in [0, 0.1) is 0 Å². The summed E-state index contributed by atoms with van der Waals surface area (Å²) in [6.45, 7) is 0. The lowest BCUT2D eigenvalue weighted by Gasteiger charge is -1.98. The smallest absolute Gasteiger partial charge is 0.248 e. The third kappa shape index (κ3) is 1.16. The van der Waals surface area contributed by atoms with Crippen molar-refractivity contribution in [3.63, 3.8) is 0 Å². The van der Waals surface area contributed by atoms with E-state index in [0.29, 0.717) is 0 Å². The van der Waals surface area contributed by atoms with E-state index in [0.717, 1.165) is 27.2 Å². The van der Waals surface area contributed by atoms with Crippen molar-refractivity contribution in [2.45, 2.75) is 0 Å². The minimum absolute atomic E-state index is 0.0646. The summed E-state index contributed by atoms with van der Waals surface area (Å²) in [5, 5.41) is 3.29. The van der Waals surface area contributed by atoms with Gasteiger partial charge in [-0.2, -0.15) is 0 Å². The van der Waals surface area contributed by atoms with Crippen molar-refractivity contribution in [2.24, 2.45) is 0 Å². The maximum Gasteiger partial charge on any atom is 0.248 e. The monoisotopic (exact) mass is 234 g/mol. The van der Waals surface area contributed by atoms with Crippen LogP contribution in [0.25, 0.3) is 27.2 Å². The Hall–Kier alpha value is -2.55. The zero-order valence-corrected chi connectivity index (χ0v) is 9.55. The molecule has 18 heavy (non-hydrogen) atoms. The Morgan fingerprint density at radius 3 is 2.78 bits per heavy atom. The predicted molar refractivity (Wildman–Crippen MR) is 73.0 cm³/mol. The van der Waals surface area contributed by atoms with Gasteiger partial charge in [0.2, 0.25) is 5.56 Å². The van der Waals surface area contributed by atoms with Crippen LogP contribution in [0.3, 0.4) is 0 Å². The van der Waals surface area contributed by atoms with E-state index in [1.807, 2.05) is 30.5 Å². The Labute approximate surface area is 102 Å². The molecule has 0 radical (unpaired) electrons. The van der Waals surface area contributed by atoms with Crippen LogP contribution in [0.15, 0.2) is 59.7 Å². The van der Waals surface area contributed by atoms with Gasteiger partial charge in [-0.1, -0.05) is 18.2 Å². The number of H-pyrrole nitrogens is 1. The summed E-state index contributed by atoms with van der Waals surface area (Å²) in [4.78, 5) is 14.4. The van der Waals surface area contributed by atoms with Gasteiger partial charge in [-0.25, -0.2) is 0 Å². The number of aromatic nitrogens is 2. The van der Waals surface area contributed by atoms with Crippen molar-refractivity contribution in [3.8, 4) is 0 Å². The number of fused-ring (bicyclic) bond motifs is 5. The Morgan fingerprint density at radius 1 is 0.944 bits per heavy atom. The van der Waals surface area contributed by atoms with Crippen LogP contribution in [0.5, 0.6) is 0 Å². The number of nitrogens with zero attached hydrogens (tertiary/aromatic N) is 1. The maximum atomic E-state index is 11.5. The van der Waals surface area contributed by atoms with Crippen LogP contribution in [0.1, 0.15) is 0 Å². The van der Waals surface area contributed by atoms with Crippen molar-refractivity contribution in [3.05, 3.63) is 65.2 Å². The van der Waals surface area contributed by atoms with Crippen LogP contribution >= 0.6 is 0 Å². The summed E-state index contributed by atoms with van der Waals surface area (Å²) < 4.78 is 2.08. The quantitative estimate of drug-likeness (QED) is 0.499. The van der Waals surface area contributed by atoms with E-state index in [2.05, 4.69) is 27.7 Å². The van der Waals surface area contributed by atoms with Gasteiger partial charge in [-0.15, -0.1) is 0 Å². The fourth-order valence-electron chi connectivity index (χ4n) is 2.54. The second-order valence-electron chi connectivity index (χ2n) is 4.44. The Bertz CT molecular complexity index is 947. The van der Waals surface area contributed by atoms with E-state index >= 15 is 0 Å². The van der Waals surface area contributed by atoms with E-state index in [9.17, 15) is 4.79 Å². The number of hydrogen-bond acceptors (Lipinski definition) is 1. The minimum Gasteiger partial charge on any atom is -0.323 e. The number of aromatic amines is 1. The molecular formula is C15H10N2O. The van der Waals surface area contributed by atoms with E-state index in [1.165, 1.54) is 0 Å². The third-order valence-corrected chi connectivity index (χ3v) is 3.37. The standard InChI is InChI=1S/C15H10N2O/c18-14-7-5-10-4-6-11-12(15(10)16-14)9-17-8-2-1-3-13(11)17/h1-9H,(H,16,18). The molecular weight excluding hydrogens is 224 g/mol. The van der Waals surface area contributed by atoms with E-state index in [4.69, 9.17) is 0 Å². The lowest BCUT2D eigenvalue weighted by Crippen LogP contribution is -2.02. The molecule has 0 unspecified atom stereocenters. The number of hydrogen-bond donors (Lipinski definition) is 1. The molecule has 0 fully saturated rings. The van der Waals surface area contributed by atoms with Crippen LogP contribution in [0.2, 0.25) is 0 Å².